The lowest BCUT2D eigenvalue weighted by atomic mass is 10.0. The zero-order chi connectivity index (χ0) is 29.1. The Morgan fingerprint density at radius 3 is 2.62 bits per heavy atom. The van der Waals surface area contributed by atoms with E-state index in [9.17, 15) is 10.4 Å². The van der Waals surface area contributed by atoms with Crippen LogP contribution in [0.3, 0.4) is 0 Å². The fraction of sp³-hybridized carbons (Fsp3) is 0.258. The maximum absolute atomic E-state index is 10.5. The SMILES string of the molecule is CCC(Nc1c(C#N)cnc2c(Cl)cc(NC(c3cccnc3)c3cn(CC4(O)COC4)nn3)cc12)c1ccccc1. The summed E-state index contributed by atoms with van der Waals surface area (Å²) in [4.78, 5) is 8.82. The second-order valence-corrected chi connectivity index (χ2v) is 10.9. The van der Waals surface area contributed by atoms with Crippen LogP contribution < -0.4 is 10.6 Å². The lowest BCUT2D eigenvalue weighted by molar-refractivity contribution is -0.186. The number of nitriles is 1. The Morgan fingerprint density at radius 1 is 1.12 bits per heavy atom. The molecule has 0 saturated carbocycles. The van der Waals surface area contributed by atoms with Crippen molar-refractivity contribution >= 4 is 33.9 Å². The summed E-state index contributed by atoms with van der Waals surface area (Å²) in [6, 6.07) is 19.5. The molecule has 1 aliphatic heterocycles. The Morgan fingerprint density at radius 2 is 1.93 bits per heavy atom. The smallest absolute Gasteiger partial charge is 0.131 e. The number of pyridine rings is 2. The van der Waals surface area contributed by atoms with Gasteiger partial charge in [0.1, 0.15) is 17.4 Å². The third-order valence-electron chi connectivity index (χ3n) is 7.35. The number of rotatable bonds is 10. The van der Waals surface area contributed by atoms with Gasteiger partial charge >= 0.3 is 0 Å². The Kier molecular flexibility index (Phi) is 7.71. The highest BCUT2D eigenvalue weighted by Crippen LogP contribution is 2.37. The summed E-state index contributed by atoms with van der Waals surface area (Å²) in [5.74, 6) is 0. The second kappa shape index (κ2) is 11.7. The lowest BCUT2D eigenvalue weighted by Crippen LogP contribution is -2.52. The summed E-state index contributed by atoms with van der Waals surface area (Å²) in [5.41, 5.74) is 4.06. The number of halogens is 1. The molecular weight excluding hydrogens is 552 g/mol. The summed E-state index contributed by atoms with van der Waals surface area (Å²) in [7, 11) is 0. The molecule has 2 unspecified atom stereocenters. The normalized spacial score (nSPS) is 15.4. The van der Waals surface area contributed by atoms with Crippen molar-refractivity contribution in [2.45, 2.75) is 37.6 Å². The molecule has 1 aliphatic rings. The minimum Gasteiger partial charge on any atom is -0.383 e. The summed E-state index contributed by atoms with van der Waals surface area (Å²) in [6.07, 6.45) is 7.64. The molecular formula is C31H29ClN8O2. The third kappa shape index (κ3) is 5.63. The molecule has 10 nitrogen and oxygen atoms in total. The third-order valence-corrected chi connectivity index (χ3v) is 7.64. The molecule has 212 valence electrons. The van der Waals surface area contributed by atoms with Crippen LogP contribution in [-0.4, -0.2) is 48.9 Å². The summed E-state index contributed by atoms with van der Waals surface area (Å²) < 4.78 is 6.79. The molecule has 42 heavy (non-hydrogen) atoms. The van der Waals surface area contributed by atoms with E-state index in [0.29, 0.717) is 33.2 Å². The van der Waals surface area contributed by atoms with Crippen molar-refractivity contribution in [3.63, 3.8) is 0 Å². The first-order valence-corrected chi connectivity index (χ1v) is 14.0. The maximum atomic E-state index is 10.5. The molecule has 4 heterocycles. The van der Waals surface area contributed by atoms with E-state index in [1.54, 1.807) is 29.5 Å². The maximum Gasteiger partial charge on any atom is 0.131 e. The highest BCUT2D eigenvalue weighted by molar-refractivity contribution is 6.35. The van der Waals surface area contributed by atoms with Crippen LogP contribution >= 0.6 is 11.6 Å². The van der Waals surface area contributed by atoms with Crippen molar-refractivity contribution in [1.82, 2.24) is 25.0 Å². The molecule has 0 aliphatic carbocycles. The van der Waals surface area contributed by atoms with Crippen molar-refractivity contribution < 1.29 is 9.84 Å². The van der Waals surface area contributed by atoms with Gasteiger partial charge < -0.3 is 20.5 Å². The van der Waals surface area contributed by atoms with Gasteiger partial charge in [0.05, 0.1) is 59.8 Å². The van der Waals surface area contributed by atoms with Gasteiger partial charge in [0.2, 0.25) is 0 Å². The molecule has 5 aromatic rings. The molecule has 2 aromatic carbocycles. The van der Waals surface area contributed by atoms with Crippen molar-refractivity contribution in [3.8, 4) is 6.07 Å². The van der Waals surface area contributed by atoms with Gasteiger partial charge in [-0.05, 0) is 35.7 Å². The zero-order valence-corrected chi connectivity index (χ0v) is 23.7. The molecule has 0 spiro atoms. The average molecular weight is 581 g/mol. The van der Waals surface area contributed by atoms with E-state index < -0.39 is 11.6 Å². The number of nitrogens with zero attached hydrogens (tertiary/aromatic N) is 6. The molecule has 1 fully saturated rings. The molecule has 0 bridgehead atoms. The van der Waals surface area contributed by atoms with Crippen LogP contribution in [0.25, 0.3) is 10.9 Å². The molecule has 6 rings (SSSR count). The largest absolute Gasteiger partial charge is 0.383 e. The quantitative estimate of drug-likeness (QED) is 0.202. The van der Waals surface area contributed by atoms with Crippen LogP contribution in [0.1, 0.15) is 47.8 Å². The lowest BCUT2D eigenvalue weighted by Gasteiger charge is -2.35. The van der Waals surface area contributed by atoms with Gasteiger partial charge in [-0.15, -0.1) is 5.10 Å². The predicted molar refractivity (Wildman–Crippen MR) is 160 cm³/mol. The van der Waals surface area contributed by atoms with Crippen LogP contribution in [0.15, 0.2) is 79.4 Å². The van der Waals surface area contributed by atoms with Gasteiger partial charge in [0, 0.05) is 29.7 Å². The first-order chi connectivity index (χ1) is 20.5. The number of ether oxygens (including phenoxy) is 1. The number of aliphatic hydroxyl groups is 1. The van der Waals surface area contributed by atoms with Crippen LogP contribution in [0.4, 0.5) is 11.4 Å². The molecule has 0 radical (unpaired) electrons. The Balaban J connectivity index is 1.39. The average Bonchev–Trinajstić information content (AvgIpc) is 3.46. The number of aromatic nitrogens is 5. The van der Waals surface area contributed by atoms with Crippen molar-refractivity contribution in [2.24, 2.45) is 0 Å². The topological polar surface area (TPSA) is 134 Å². The Bertz CT molecular complexity index is 1740. The number of nitrogens with one attached hydrogen (secondary N) is 2. The van der Waals surface area contributed by atoms with E-state index in [4.69, 9.17) is 16.3 Å². The molecule has 0 amide bonds. The molecule has 3 aromatic heterocycles. The zero-order valence-electron chi connectivity index (χ0n) is 22.9. The van der Waals surface area contributed by atoms with Crippen LogP contribution in [0.5, 0.6) is 0 Å². The van der Waals surface area contributed by atoms with Crippen molar-refractivity contribution in [2.75, 3.05) is 23.8 Å². The number of hydrogen-bond acceptors (Lipinski definition) is 9. The minimum atomic E-state index is -0.945. The van der Waals surface area contributed by atoms with Gasteiger partial charge in [-0.2, -0.15) is 5.26 Å². The number of hydrogen-bond donors (Lipinski definition) is 3. The Labute approximate surface area is 248 Å². The van der Waals surface area contributed by atoms with Gasteiger partial charge in [0.15, 0.2) is 0 Å². The van der Waals surface area contributed by atoms with Gasteiger partial charge in [-0.25, -0.2) is 4.68 Å². The summed E-state index contributed by atoms with van der Waals surface area (Å²) in [6.45, 7) is 2.90. The van der Waals surface area contributed by atoms with Crippen molar-refractivity contribution in [1.29, 1.82) is 5.26 Å². The molecule has 1 saturated heterocycles. The summed E-state index contributed by atoms with van der Waals surface area (Å²) in [5, 5.41) is 37.5. The van der Waals surface area contributed by atoms with E-state index in [0.717, 1.165) is 22.9 Å². The fourth-order valence-electron chi connectivity index (χ4n) is 5.16. The highest BCUT2D eigenvalue weighted by atomic mass is 35.5. The van der Waals surface area contributed by atoms with Gasteiger partial charge in [0.25, 0.3) is 0 Å². The number of benzene rings is 2. The van der Waals surface area contributed by atoms with Crippen molar-refractivity contribution in [3.05, 3.63) is 107 Å². The van der Waals surface area contributed by atoms with Gasteiger partial charge in [-0.1, -0.05) is 60.1 Å². The Hall–Kier alpha value is -4.56. The van der Waals surface area contributed by atoms with E-state index in [2.05, 4.69) is 56.0 Å². The molecule has 3 N–H and O–H groups in total. The van der Waals surface area contributed by atoms with E-state index >= 15 is 0 Å². The van der Waals surface area contributed by atoms with E-state index in [-0.39, 0.29) is 25.8 Å². The number of anilines is 2. The predicted octanol–water partition coefficient (Wildman–Crippen LogP) is 5.27. The standard InChI is InChI=1S/C31H29ClN8O2/c1-2-26(20-7-4-3-5-8-20)37-28-22(13-33)15-35-30-24(28)11-23(12-25(30)32)36-29(21-9-6-10-34-14-21)27-16-40(39-38-27)17-31(41)18-42-19-31/h3-12,14-16,26,29,36,41H,2,17-19H2,1H3,(H,35,37). The molecule has 11 heteroatoms. The van der Waals surface area contributed by atoms with Gasteiger partial charge in [-0.3, -0.25) is 9.97 Å². The first-order valence-electron chi connectivity index (χ1n) is 13.7. The molecule has 2 atom stereocenters. The number of fused-ring (bicyclic) bond motifs is 1. The summed E-state index contributed by atoms with van der Waals surface area (Å²) >= 11 is 6.79. The fourth-order valence-corrected chi connectivity index (χ4v) is 5.43. The second-order valence-electron chi connectivity index (χ2n) is 10.5. The van der Waals surface area contributed by atoms with Crippen LogP contribution in [-0.2, 0) is 11.3 Å². The van der Waals surface area contributed by atoms with Crippen LogP contribution in [0.2, 0.25) is 5.02 Å². The monoisotopic (exact) mass is 580 g/mol. The minimum absolute atomic E-state index is 0.0200. The first kappa shape index (κ1) is 27.6. The van der Waals surface area contributed by atoms with Crippen LogP contribution in [0, 0.1) is 11.3 Å². The van der Waals surface area contributed by atoms with E-state index in [1.807, 2.05) is 42.5 Å². The van der Waals surface area contributed by atoms with E-state index in [1.165, 1.54) is 0 Å². The highest BCUT2D eigenvalue weighted by Gasteiger charge is 2.37.